The normalized spacial score (nSPS) is 27.0. The second-order valence-corrected chi connectivity index (χ2v) is 4.01. The van der Waals surface area contributed by atoms with E-state index in [0.717, 1.165) is 31.6 Å². The van der Waals surface area contributed by atoms with Gasteiger partial charge in [0.1, 0.15) is 5.76 Å². The Kier molecular flexibility index (Phi) is 2.89. The van der Waals surface area contributed by atoms with E-state index < -0.39 is 0 Å². The Morgan fingerprint density at radius 2 is 2.43 bits per heavy atom. The standard InChI is InChI=1S/C11H17NO2/c1-8-5-6-14-11(8)7-12-9-3-2-4-10(9)13/h5-6,9-10,12-13H,2-4,7H2,1H3/t9-,10-/m1/s1. The van der Waals surface area contributed by atoms with Gasteiger partial charge in [-0.05, 0) is 37.8 Å². The molecule has 0 unspecified atom stereocenters. The number of aliphatic hydroxyl groups excluding tert-OH is 1. The minimum absolute atomic E-state index is 0.176. The van der Waals surface area contributed by atoms with Crippen molar-refractivity contribution in [2.75, 3.05) is 0 Å². The number of furan rings is 1. The fraction of sp³-hybridized carbons (Fsp3) is 0.636. The highest BCUT2D eigenvalue weighted by Gasteiger charge is 2.24. The van der Waals surface area contributed by atoms with Crippen LogP contribution in [0.15, 0.2) is 16.7 Å². The SMILES string of the molecule is Cc1ccoc1CN[C@@H]1CCC[C@H]1O. The third-order valence-corrected chi connectivity index (χ3v) is 2.97. The first-order valence-electron chi connectivity index (χ1n) is 5.22. The Balaban J connectivity index is 1.85. The Morgan fingerprint density at radius 1 is 1.57 bits per heavy atom. The van der Waals surface area contributed by atoms with Crippen LogP contribution < -0.4 is 5.32 Å². The first kappa shape index (κ1) is 9.74. The van der Waals surface area contributed by atoms with Crippen LogP contribution in [0, 0.1) is 6.92 Å². The minimum Gasteiger partial charge on any atom is -0.468 e. The quantitative estimate of drug-likeness (QED) is 0.770. The van der Waals surface area contributed by atoms with Crippen LogP contribution in [-0.4, -0.2) is 17.3 Å². The molecule has 1 aromatic heterocycles. The molecule has 0 bridgehead atoms. The molecule has 0 aliphatic heterocycles. The van der Waals surface area contributed by atoms with Gasteiger partial charge in [0.2, 0.25) is 0 Å². The fourth-order valence-corrected chi connectivity index (χ4v) is 1.99. The van der Waals surface area contributed by atoms with Crippen LogP contribution in [0.2, 0.25) is 0 Å². The molecular weight excluding hydrogens is 178 g/mol. The van der Waals surface area contributed by atoms with Crippen LogP contribution in [0.25, 0.3) is 0 Å². The van der Waals surface area contributed by atoms with Crippen LogP contribution in [0.4, 0.5) is 0 Å². The van der Waals surface area contributed by atoms with Crippen molar-refractivity contribution in [1.82, 2.24) is 5.32 Å². The molecule has 1 aliphatic rings. The summed E-state index contributed by atoms with van der Waals surface area (Å²) in [5.41, 5.74) is 1.17. The molecule has 1 fully saturated rings. The predicted molar refractivity (Wildman–Crippen MR) is 53.9 cm³/mol. The van der Waals surface area contributed by atoms with Crippen molar-refractivity contribution in [3.63, 3.8) is 0 Å². The highest BCUT2D eigenvalue weighted by atomic mass is 16.3. The molecule has 2 N–H and O–H groups in total. The summed E-state index contributed by atoms with van der Waals surface area (Å²) in [6.45, 7) is 2.76. The number of hydrogen-bond donors (Lipinski definition) is 2. The molecule has 0 spiro atoms. The lowest BCUT2D eigenvalue weighted by Gasteiger charge is -2.15. The topological polar surface area (TPSA) is 45.4 Å². The fourth-order valence-electron chi connectivity index (χ4n) is 1.99. The van der Waals surface area contributed by atoms with Gasteiger partial charge in [-0.1, -0.05) is 0 Å². The van der Waals surface area contributed by atoms with Crippen LogP contribution in [0.3, 0.4) is 0 Å². The summed E-state index contributed by atoms with van der Waals surface area (Å²) in [6.07, 6.45) is 4.65. The second kappa shape index (κ2) is 4.15. The predicted octanol–water partition coefficient (Wildman–Crippen LogP) is 1.59. The first-order valence-corrected chi connectivity index (χ1v) is 5.22. The van der Waals surface area contributed by atoms with Gasteiger partial charge in [0, 0.05) is 6.04 Å². The van der Waals surface area contributed by atoms with E-state index in [1.807, 2.05) is 13.0 Å². The van der Waals surface area contributed by atoms with Gasteiger partial charge in [0.15, 0.2) is 0 Å². The maximum atomic E-state index is 9.59. The largest absolute Gasteiger partial charge is 0.468 e. The van der Waals surface area contributed by atoms with E-state index in [4.69, 9.17) is 4.42 Å². The zero-order valence-electron chi connectivity index (χ0n) is 8.49. The van der Waals surface area contributed by atoms with Gasteiger partial charge < -0.3 is 14.8 Å². The maximum absolute atomic E-state index is 9.59. The Bertz CT molecular complexity index is 295. The van der Waals surface area contributed by atoms with Gasteiger partial charge >= 0.3 is 0 Å². The molecule has 1 heterocycles. The molecule has 1 aromatic rings. The molecule has 0 saturated heterocycles. The third kappa shape index (κ3) is 1.99. The maximum Gasteiger partial charge on any atom is 0.120 e. The van der Waals surface area contributed by atoms with Crippen molar-refractivity contribution in [3.8, 4) is 0 Å². The van der Waals surface area contributed by atoms with E-state index in [2.05, 4.69) is 5.32 Å². The Labute approximate surface area is 84.1 Å². The summed E-state index contributed by atoms with van der Waals surface area (Å²) in [4.78, 5) is 0. The summed E-state index contributed by atoms with van der Waals surface area (Å²) >= 11 is 0. The lowest BCUT2D eigenvalue weighted by atomic mass is 10.2. The molecule has 2 rings (SSSR count). The average molecular weight is 195 g/mol. The van der Waals surface area contributed by atoms with Crippen molar-refractivity contribution in [3.05, 3.63) is 23.7 Å². The van der Waals surface area contributed by atoms with Crippen LogP contribution in [0.1, 0.15) is 30.6 Å². The molecule has 0 aromatic carbocycles. The van der Waals surface area contributed by atoms with E-state index >= 15 is 0 Å². The lowest BCUT2D eigenvalue weighted by molar-refractivity contribution is 0.147. The Hall–Kier alpha value is -0.800. The molecule has 3 heteroatoms. The lowest BCUT2D eigenvalue weighted by Crippen LogP contribution is -2.35. The van der Waals surface area contributed by atoms with Crippen molar-refractivity contribution in [2.45, 2.75) is 44.9 Å². The zero-order chi connectivity index (χ0) is 9.97. The van der Waals surface area contributed by atoms with Gasteiger partial charge in [-0.15, -0.1) is 0 Å². The van der Waals surface area contributed by atoms with Crippen molar-refractivity contribution in [2.24, 2.45) is 0 Å². The molecule has 0 radical (unpaired) electrons. The first-order chi connectivity index (χ1) is 6.77. The summed E-state index contributed by atoms with van der Waals surface area (Å²) in [5, 5.41) is 12.9. The van der Waals surface area contributed by atoms with E-state index in [1.165, 1.54) is 5.56 Å². The smallest absolute Gasteiger partial charge is 0.120 e. The number of nitrogens with one attached hydrogen (secondary N) is 1. The average Bonchev–Trinajstić information content (AvgIpc) is 2.72. The summed E-state index contributed by atoms with van der Waals surface area (Å²) in [5.74, 6) is 0.976. The van der Waals surface area contributed by atoms with E-state index in [9.17, 15) is 5.11 Å². The number of rotatable bonds is 3. The van der Waals surface area contributed by atoms with Gasteiger partial charge in [0.05, 0.1) is 18.9 Å². The Morgan fingerprint density at radius 3 is 3.00 bits per heavy atom. The van der Waals surface area contributed by atoms with Gasteiger partial charge in [0.25, 0.3) is 0 Å². The van der Waals surface area contributed by atoms with Crippen LogP contribution in [0.5, 0.6) is 0 Å². The third-order valence-electron chi connectivity index (χ3n) is 2.97. The number of aliphatic hydroxyl groups is 1. The van der Waals surface area contributed by atoms with Crippen LogP contribution >= 0.6 is 0 Å². The van der Waals surface area contributed by atoms with E-state index in [1.54, 1.807) is 6.26 Å². The molecule has 78 valence electrons. The highest BCUT2D eigenvalue weighted by molar-refractivity contribution is 5.14. The highest BCUT2D eigenvalue weighted by Crippen LogP contribution is 2.19. The van der Waals surface area contributed by atoms with Crippen LogP contribution in [-0.2, 0) is 6.54 Å². The van der Waals surface area contributed by atoms with Gasteiger partial charge in [-0.2, -0.15) is 0 Å². The molecule has 2 atom stereocenters. The van der Waals surface area contributed by atoms with Crippen molar-refractivity contribution in [1.29, 1.82) is 0 Å². The van der Waals surface area contributed by atoms with E-state index in [-0.39, 0.29) is 12.1 Å². The number of hydrogen-bond acceptors (Lipinski definition) is 3. The molecule has 0 amide bonds. The van der Waals surface area contributed by atoms with Gasteiger partial charge in [-0.3, -0.25) is 0 Å². The molecule has 1 saturated carbocycles. The van der Waals surface area contributed by atoms with E-state index in [0.29, 0.717) is 0 Å². The summed E-state index contributed by atoms with van der Waals surface area (Å²) < 4.78 is 5.32. The number of aryl methyl sites for hydroxylation is 1. The van der Waals surface area contributed by atoms with Gasteiger partial charge in [-0.25, -0.2) is 0 Å². The van der Waals surface area contributed by atoms with Crippen molar-refractivity contribution >= 4 is 0 Å². The molecule has 1 aliphatic carbocycles. The minimum atomic E-state index is -0.176. The monoisotopic (exact) mass is 195 g/mol. The molecular formula is C11H17NO2. The van der Waals surface area contributed by atoms with Crippen molar-refractivity contribution < 1.29 is 9.52 Å². The molecule has 14 heavy (non-hydrogen) atoms. The summed E-state index contributed by atoms with van der Waals surface area (Å²) in [6, 6.07) is 2.21. The molecule has 3 nitrogen and oxygen atoms in total. The summed E-state index contributed by atoms with van der Waals surface area (Å²) in [7, 11) is 0. The zero-order valence-corrected chi connectivity index (χ0v) is 8.49. The second-order valence-electron chi connectivity index (χ2n) is 4.01.